The Morgan fingerprint density at radius 1 is 0.400 bits per heavy atom. The van der Waals surface area contributed by atoms with E-state index < -0.39 is 0 Å². The zero-order chi connectivity index (χ0) is 27.3. The summed E-state index contributed by atoms with van der Waals surface area (Å²) in [6, 6.07) is 15.1. The zero-order valence-electron chi connectivity index (χ0n) is 25.8. The summed E-state index contributed by atoms with van der Waals surface area (Å²) in [4.78, 5) is 0. The van der Waals surface area contributed by atoms with Gasteiger partial charge in [-0.1, -0.05) is 129 Å². The molecule has 2 aromatic rings. The van der Waals surface area contributed by atoms with Crippen LogP contribution in [-0.4, -0.2) is 22.6 Å². The van der Waals surface area contributed by atoms with Crippen LogP contribution in [0.2, 0.25) is 0 Å². The second-order valence-electron chi connectivity index (χ2n) is 13.9. The Balaban J connectivity index is 1.49. The van der Waals surface area contributed by atoms with Crippen molar-refractivity contribution in [3.63, 3.8) is 0 Å². The maximum atomic E-state index is 2.65. The Labute approximate surface area is 249 Å². The summed E-state index contributed by atoms with van der Waals surface area (Å²) in [5.41, 5.74) is 10.4. The third-order valence-electron chi connectivity index (χ3n) is 11.2. The smallest absolute Gasteiger partial charge is 0.00684 e. The van der Waals surface area contributed by atoms with Crippen LogP contribution in [0.4, 0.5) is 0 Å². The fourth-order valence-electron chi connectivity index (χ4n) is 9.21. The van der Waals surface area contributed by atoms with Gasteiger partial charge >= 0.3 is 0 Å². The molecule has 2 heteroatoms. The highest BCUT2D eigenvalue weighted by Crippen LogP contribution is 2.59. The monoisotopic (exact) mass is 574 g/mol. The molecule has 0 aromatic heterocycles. The average Bonchev–Trinajstić information content (AvgIpc) is 3.01. The highest BCUT2D eigenvalue weighted by molar-refractivity contribution is 7.68. The molecule has 6 rings (SSSR count). The van der Waals surface area contributed by atoms with Crippen LogP contribution in [0.3, 0.4) is 0 Å². The van der Waals surface area contributed by atoms with Gasteiger partial charge in [-0.3, -0.25) is 0 Å². The molecule has 2 aromatic carbocycles. The minimum atomic E-state index is -0.119. The van der Waals surface area contributed by atoms with Crippen LogP contribution in [0.1, 0.15) is 140 Å². The fourth-order valence-corrected chi connectivity index (χ4v) is 17.3. The summed E-state index contributed by atoms with van der Waals surface area (Å²) in [7, 11) is -0.237. The van der Waals surface area contributed by atoms with Crippen LogP contribution in [-0.2, 0) is 0 Å². The van der Waals surface area contributed by atoms with E-state index in [9.17, 15) is 0 Å². The lowest BCUT2D eigenvalue weighted by atomic mass is 9.96. The first-order chi connectivity index (χ1) is 19.7. The highest BCUT2D eigenvalue weighted by atomic mass is 31.1. The third-order valence-corrected chi connectivity index (χ3v) is 18.3. The first-order valence-electron chi connectivity index (χ1n) is 17.5. The van der Waals surface area contributed by atoms with Crippen LogP contribution in [0.15, 0.2) is 36.4 Å². The van der Waals surface area contributed by atoms with Gasteiger partial charge in [0, 0.05) is 0 Å². The van der Waals surface area contributed by atoms with E-state index in [0.717, 1.165) is 22.6 Å². The predicted molar refractivity (Wildman–Crippen MR) is 182 cm³/mol. The summed E-state index contributed by atoms with van der Waals surface area (Å²) in [6.45, 7) is 4.93. The lowest BCUT2D eigenvalue weighted by Gasteiger charge is -2.42. The molecule has 0 bridgehead atoms. The van der Waals surface area contributed by atoms with Crippen molar-refractivity contribution in [2.24, 2.45) is 0 Å². The van der Waals surface area contributed by atoms with E-state index in [0.29, 0.717) is 0 Å². The number of rotatable bonds is 7. The first-order valence-corrected chi connectivity index (χ1v) is 20.4. The van der Waals surface area contributed by atoms with Crippen molar-refractivity contribution in [3.05, 3.63) is 47.5 Å². The molecule has 4 fully saturated rings. The van der Waals surface area contributed by atoms with Crippen LogP contribution in [0.25, 0.3) is 11.1 Å². The molecule has 0 saturated heterocycles. The molecule has 0 N–H and O–H groups in total. The van der Waals surface area contributed by atoms with Crippen molar-refractivity contribution in [1.29, 1.82) is 0 Å². The largest absolute Gasteiger partial charge is 0.0683 e. The van der Waals surface area contributed by atoms with E-state index in [1.165, 1.54) is 128 Å². The van der Waals surface area contributed by atoms with Gasteiger partial charge in [-0.05, 0) is 121 Å². The van der Waals surface area contributed by atoms with E-state index in [4.69, 9.17) is 0 Å². The van der Waals surface area contributed by atoms with Gasteiger partial charge in [0.25, 0.3) is 0 Å². The van der Waals surface area contributed by atoms with Gasteiger partial charge in [-0.25, -0.2) is 0 Å². The Morgan fingerprint density at radius 2 is 0.675 bits per heavy atom. The Hall–Kier alpha value is -0.700. The van der Waals surface area contributed by atoms with Gasteiger partial charge < -0.3 is 0 Å². The Morgan fingerprint density at radius 3 is 0.950 bits per heavy atom. The molecular formula is C38H56P2. The first kappa shape index (κ1) is 29.4. The molecule has 40 heavy (non-hydrogen) atoms. The van der Waals surface area contributed by atoms with Gasteiger partial charge in [-0.15, -0.1) is 0 Å². The maximum Gasteiger partial charge on any atom is -0.00684 e. The molecule has 0 atom stereocenters. The van der Waals surface area contributed by atoms with Gasteiger partial charge in [0.1, 0.15) is 0 Å². The molecule has 0 spiro atoms. The van der Waals surface area contributed by atoms with Gasteiger partial charge in [0.05, 0.1) is 0 Å². The number of benzene rings is 2. The van der Waals surface area contributed by atoms with Crippen molar-refractivity contribution < 1.29 is 0 Å². The van der Waals surface area contributed by atoms with Crippen molar-refractivity contribution in [3.8, 4) is 11.1 Å². The van der Waals surface area contributed by atoms with Crippen molar-refractivity contribution in [2.45, 2.75) is 165 Å². The Bertz CT molecular complexity index is 957. The van der Waals surface area contributed by atoms with Crippen LogP contribution >= 0.6 is 15.8 Å². The molecule has 0 amide bonds. The molecule has 0 heterocycles. The second kappa shape index (κ2) is 14.2. The fraction of sp³-hybridized carbons (Fsp3) is 0.684. The van der Waals surface area contributed by atoms with E-state index in [2.05, 4.69) is 50.2 Å². The summed E-state index contributed by atoms with van der Waals surface area (Å²) in [5, 5.41) is 3.65. The van der Waals surface area contributed by atoms with Gasteiger partial charge in [-0.2, -0.15) is 0 Å². The number of hydrogen-bond donors (Lipinski definition) is 0. The molecule has 4 saturated carbocycles. The molecule has 4 aliphatic carbocycles. The zero-order valence-corrected chi connectivity index (χ0v) is 27.6. The number of hydrogen-bond acceptors (Lipinski definition) is 0. The standard InChI is InChI=1S/C38H56P2/c1-29-17-15-27-35(39(31-19-7-3-8-20-31)32-21-9-4-10-22-32)37(29)38-30(2)18-16-28-36(38)40(33-23-11-5-12-24-33)34-25-13-6-14-26-34/h15-18,27-28,31-34H,3-14,19-26H2,1-2H3. The highest BCUT2D eigenvalue weighted by Gasteiger charge is 2.37. The predicted octanol–water partition coefficient (Wildman–Crippen LogP) is 11.5. The lowest BCUT2D eigenvalue weighted by molar-refractivity contribution is 0.487. The van der Waals surface area contributed by atoms with Gasteiger partial charge in [0.2, 0.25) is 0 Å². The van der Waals surface area contributed by atoms with Gasteiger partial charge in [0.15, 0.2) is 0 Å². The lowest BCUT2D eigenvalue weighted by Crippen LogP contribution is -2.30. The molecule has 4 aliphatic rings. The molecule has 0 aliphatic heterocycles. The SMILES string of the molecule is Cc1cccc(P(C2CCCCC2)C2CCCCC2)c1-c1c(C)cccc1P(C1CCCCC1)C1CCCCC1. The van der Waals surface area contributed by atoms with E-state index in [1.54, 1.807) is 22.3 Å². The van der Waals surface area contributed by atoms with Crippen molar-refractivity contribution in [2.75, 3.05) is 0 Å². The Kier molecular flexibility index (Phi) is 10.4. The normalized spacial score (nSPS) is 22.8. The molecule has 0 unspecified atom stereocenters. The molecule has 0 radical (unpaired) electrons. The minimum Gasteiger partial charge on any atom is -0.0683 e. The quantitative estimate of drug-likeness (QED) is 0.289. The summed E-state index contributed by atoms with van der Waals surface area (Å²) in [5.74, 6) is 0. The van der Waals surface area contributed by atoms with Crippen molar-refractivity contribution in [1.82, 2.24) is 0 Å². The van der Waals surface area contributed by atoms with Crippen LogP contribution < -0.4 is 10.6 Å². The second-order valence-corrected chi connectivity index (χ2v) is 19.4. The number of aryl methyl sites for hydroxylation is 2. The maximum absolute atomic E-state index is 2.65. The van der Waals surface area contributed by atoms with Crippen LogP contribution in [0.5, 0.6) is 0 Å². The van der Waals surface area contributed by atoms with E-state index in [-0.39, 0.29) is 15.8 Å². The van der Waals surface area contributed by atoms with E-state index in [1.807, 2.05) is 10.6 Å². The topological polar surface area (TPSA) is 0 Å². The van der Waals surface area contributed by atoms with E-state index >= 15 is 0 Å². The molecule has 218 valence electrons. The average molecular weight is 575 g/mol. The summed E-state index contributed by atoms with van der Waals surface area (Å²) in [6.07, 6.45) is 29.6. The van der Waals surface area contributed by atoms with Crippen LogP contribution in [0, 0.1) is 13.8 Å². The minimum absolute atomic E-state index is 0.119. The molecule has 0 nitrogen and oxygen atoms in total. The summed E-state index contributed by atoms with van der Waals surface area (Å²) < 4.78 is 0. The summed E-state index contributed by atoms with van der Waals surface area (Å²) >= 11 is 0. The third kappa shape index (κ3) is 6.45. The molecular weight excluding hydrogens is 518 g/mol. The van der Waals surface area contributed by atoms with Crippen molar-refractivity contribution >= 4 is 26.5 Å².